The summed E-state index contributed by atoms with van der Waals surface area (Å²) in [5.74, 6) is -0.227. The van der Waals surface area contributed by atoms with E-state index in [0.29, 0.717) is 51.8 Å². The van der Waals surface area contributed by atoms with E-state index in [2.05, 4.69) is 12.1 Å². The van der Waals surface area contributed by atoms with Crippen LogP contribution in [0.5, 0.6) is 0 Å². The highest BCUT2D eigenvalue weighted by atomic mass is 16.7. The monoisotopic (exact) mass is 668 g/mol. The first-order chi connectivity index (χ1) is 22.7. The van der Waals surface area contributed by atoms with E-state index >= 15 is 0 Å². The number of nitrogens with zero attached hydrogens (tertiary/aromatic N) is 4. The number of urea groups is 1. The maximum absolute atomic E-state index is 13.7. The summed E-state index contributed by atoms with van der Waals surface area (Å²) >= 11 is 0. The summed E-state index contributed by atoms with van der Waals surface area (Å²) in [6.07, 6.45) is 6.94. The second kappa shape index (κ2) is 14.6. The zero-order valence-corrected chi connectivity index (χ0v) is 30.0. The third-order valence-electron chi connectivity index (χ3n) is 9.74. The molecule has 4 aliphatic rings. The second-order valence-corrected chi connectivity index (χ2v) is 16.0. The second-order valence-electron chi connectivity index (χ2n) is 16.0. The van der Waals surface area contributed by atoms with Gasteiger partial charge in [-0.25, -0.2) is 9.59 Å². The molecular weight excluding hydrogens is 612 g/mol. The van der Waals surface area contributed by atoms with Crippen molar-refractivity contribution in [3.63, 3.8) is 0 Å². The van der Waals surface area contributed by atoms with Crippen LogP contribution in [0.3, 0.4) is 0 Å². The van der Waals surface area contributed by atoms with E-state index in [-0.39, 0.29) is 47.7 Å². The van der Waals surface area contributed by atoms with Gasteiger partial charge in [0.1, 0.15) is 23.9 Å². The predicted molar refractivity (Wildman–Crippen MR) is 182 cm³/mol. The van der Waals surface area contributed by atoms with E-state index < -0.39 is 11.2 Å². The quantitative estimate of drug-likeness (QED) is 0.192. The first-order valence-corrected chi connectivity index (χ1v) is 17.9. The number of fused-ring (bicyclic) bond motifs is 3. The van der Waals surface area contributed by atoms with Crippen LogP contribution in [0.25, 0.3) is 0 Å². The summed E-state index contributed by atoms with van der Waals surface area (Å²) in [4.78, 5) is 55.4. The summed E-state index contributed by atoms with van der Waals surface area (Å²) in [6.45, 7) is 14.7. The Labute approximate surface area is 286 Å². The van der Waals surface area contributed by atoms with Crippen molar-refractivity contribution in [2.45, 2.75) is 155 Å². The Morgan fingerprint density at radius 3 is 2.42 bits per heavy atom. The lowest BCUT2D eigenvalue weighted by Crippen LogP contribution is -2.49. The Bertz CT molecular complexity index is 1320. The molecule has 0 N–H and O–H groups in total. The van der Waals surface area contributed by atoms with Crippen LogP contribution in [0.2, 0.25) is 0 Å². The van der Waals surface area contributed by atoms with Crippen LogP contribution in [0.15, 0.2) is 35.5 Å². The molecule has 1 saturated carbocycles. The van der Waals surface area contributed by atoms with Gasteiger partial charge in [-0.3, -0.25) is 9.63 Å². The molecule has 11 nitrogen and oxygen atoms in total. The van der Waals surface area contributed by atoms with Gasteiger partial charge < -0.3 is 24.1 Å². The SMILES string of the molecule is CCCC(CCCC(=O)OC(C)(C)C)N(CCC1CC([C@@H]2CC3(CC3)[C@H]3CN2C(=O)N3OCc2ccccc2)=NO1)C(=O)OC(C)(C)C. The van der Waals surface area contributed by atoms with Crippen molar-refractivity contribution in [2.24, 2.45) is 10.6 Å². The third-order valence-corrected chi connectivity index (χ3v) is 9.74. The number of carbonyl (C=O) groups excluding carboxylic acids is 3. The largest absolute Gasteiger partial charge is 0.460 e. The highest BCUT2D eigenvalue weighted by molar-refractivity contribution is 5.94. The molecule has 3 heterocycles. The highest BCUT2D eigenvalue weighted by Gasteiger charge is 2.64. The fourth-order valence-corrected chi connectivity index (χ4v) is 7.28. The van der Waals surface area contributed by atoms with Crippen LogP contribution in [-0.2, 0) is 30.6 Å². The van der Waals surface area contributed by atoms with Gasteiger partial charge in [0.05, 0.1) is 17.8 Å². The standard InChI is InChI=1S/C37H56N4O7/c1-8-13-27(16-12-17-32(42)46-35(2,3)4)39(34(44)47-36(5,6)7)21-18-28-22-29(38-48-28)30-23-37(19-20-37)31-24-40(30)33(43)41(31)45-25-26-14-10-9-11-15-26/h9-11,14-15,27-28,30-31H,8,12-13,16-25H2,1-7H3/t27?,28?,30-,31+/m0/s1. The van der Waals surface area contributed by atoms with E-state index in [9.17, 15) is 14.4 Å². The molecule has 0 radical (unpaired) electrons. The van der Waals surface area contributed by atoms with Gasteiger partial charge in [0, 0.05) is 38.4 Å². The molecule has 2 bridgehead atoms. The van der Waals surface area contributed by atoms with Crippen molar-refractivity contribution in [2.75, 3.05) is 13.1 Å². The Morgan fingerprint density at radius 1 is 1.06 bits per heavy atom. The van der Waals surface area contributed by atoms with E-state index in [1.165, 1.54) is 0 Å². The van der Waals surface area contributed by atoms with Gasteiger partial charge >= 0.3 is 18.1 Å². The Hall–Kier alpha value is -3.34. The number of ether oxygens (including phenoxy) is 2. The summed E-state index contributed by atoms with van der Waals surface area (Å²) < 4.78 is 11.3. The Balaban J connectivity index is 1.19. The van der Waals surface area contributed by atoms with Crippen LogP contribution in [0, 0.1) is 5.41 Å². The summed E-state index contributed by atoms with van der Waals surface area (Å²) in [6, 6.07) is 9.69. The summed E-state index contributed by atoms with van der Waals surface area (Å²) in [5.41, 5.74) is 0.825. The lowest BCUT2D eigenvalue weighted by Gasteiger charge is -2.36. The van der Waals surface area contributed by atoms with Gasteiger partial charge in [0.2, 0.25) is 0 Å². The molecule has 4 atom stereocenters. The molecule has 0 aromatic heterocycles. The predicted octanol–water partition coefficient (Wildman–Crippen LogP) is 7.23. The Kier molecular flexibility index (Phi) is 11.0. The van der Waals surface area contributed by atoms with Gasteiger partial charge in [-0.05, 0) is 91.0 Å². The number of oxime groups is 1. The number of esters is 1. The van der Waals surface area contributed by atoms with Gasteiger partial charge in [-0.15, -0.1) is 0 Å². The molecule has 1 aliphatic carbocycles. The van der Waals surface area contributed by atoms with E-state index in [4.69, 9.17) is 19.1 Å². The first-order valence-electron chi connectivity index (χ1n) is 17.9. The molecule has 11 heteroatoms. The fraction of sp³-hybridized carbons (Fsp3) is 0.730. The number of amides is 3. The lowest BCUT2D eigenvalue weighted by atomic mass is 9.82. The molecule has 1 aromatic rings. The molecule has 1 aromatic carbocycles. The minimum atomic E-state index is -0.638. The maximum atomic E-state index is 13.7. The van der Waals surface area contributed by atoms with Gasteiger partial charge in [0.15, 0.2) is 0 Å². The molecular formula is C37H56N4O7. The van der Waals surface area contributed by atoms with Gasteiger partial charge in [-0.1, -0.05) is 48.8 Å². The van der Waals surface area contributed by atoms with E-state index in [1.54, 1.807) is 5.06 Å². The van der Waals surface area contributed by atoms with Crippen LogP contribution in [0.4, 0.5) is 9.59 Å². The van der Waals surface area contributed by atoms with Crippen LogP contribution in [0.1, 0.15) is 118 Å². The number of piperidine rings is 1. The topological polar surface area (TPSA) is 110 Å². The molecule has 1 spiro atoms. The zero-order valence-electron chi connectivity index (χ0n) is 30.0. The first kappa shape index (κ1) is 36.0. The number of hydrogen-bond acceptors (Lipinski definition) is 8. The number of carbonyl (C=O) groups is 3. The highest BCUT2D eigenvalue weighted by Crippen LogP contribution is 2.59. The number of hydrogen-bond donors (Lipinski definition) is 0. The van der Waals surface area contributed by atoms with Crippen molar-refractivity contribution < 1.29 is 33.5 Å². The normalized spacial score (nSPS) is 23.5. The van der Waals surface area contributed by atoms with Crippen LogP contribution < -0.4 is 0 Å². The minimum Gasteiger partial charge on any atom is -0.460 e. The van der Waals surface area contributed by atoms with E-state index in [0.717, 1.165) is 43.4 Å². The van der Waals surface area contributed by atoms with Crippen LogP contribution >= 0.6 is 0 Å². The molecule has 3 aliphatic heterocycles. The minimum absolute atomic E-state index is 0.0527. The molecule has 2 saturated heterocycles. The summed E-state index contributed by atoms with van der Waals surface area (Å²) in [7, 11) is 0. The van der Waals surface area contributed by atoms with Crippen molar-refractivity contribution in [1.29, 1.82) is 0 Å². The molecule has 2 unspecified atom stereocenters. The Morgan fingerprint density at radius 2 is 1.77 bits per heavy atom. The molecule has 5 rings (SSSR count). The average Bonchev–Trinajstić information content (AvgIpc) is 3.49. The lowest BCUT2D eigenvalue weighted by molar-refractivity contribution is -0.154. The molecule has 3 amide bonds. The van der Waals surface area contributed by atoms with Gasteiger partial charge in [-0.2, -0.15) is 5.06 Å². The number of benzene rings is 1. The smallest absolute Gasteiger partial charge is 0.410 e. The van der Waals surface area contributed by atoms with Crippen molar-refractivity contribution in [3.8, 4) is 0 Å². The number of hydroxylamine groups is 2. The van der Waals surface area contributed by atoms with Crippen LogP contribution in [-0.4, -0.2) is 87.2 Å². The zero-order chi connectivity index (χ0) is 34.7. The average molecular weight is 669 g/mol. The number of rotatable bonds is 14. The third kappa shape index (κ3) is 9.01. The molecule has 266 valence electrons. The summed E-state index contributed by atoms with van der Waals surface area (Å²) in [5, 5.41) is 6.17. The fourth-order valence-electron chi connectivity index (χ4n) is 7.28. The van der Waals surface area contributed by atoms with Crippen molar-refractivity contribution in [1.82, 2.24) is 14.9 Å². The van der Waals surface area contributed by atoms with E-state index in [1.807, 2.05) is 81.7 Å². The molecule has 48 heavy (non-hydrogen) atoms. The van der Waals surface area contributed by atoms with Gasteiger partial charge in [0.25, 0.3) is 0 Å². The van der Waals surface area contributed by atoms with Crippen molar-refractivity contribution in [3.05, 3.63) is 35.9 Å². The molecule has 3 fully saturated rings. The maximum Gasteiger partial charge on any atom is 0.410 e. The van der Waals surface area contributed by atoms with Crippen molar-refractivity contribution >= 4 is 23.8 Å².